The molecule has 0 spiro atoms. The van der Waals surface area contributed by atoms with Crippen molar-refractivity contribution < 1.29 is 30.0 Å². The molecule has 0 aromatic heterocycles. The van der Waals surface area contributed by atoms with Gasteiger partial charge in [0.05, 0.1) is 11.2 Å². The van der Waals surface area contributed by atoms with Crippen LogP contribution in [-0.4, -0.2) is 65.7 Å². The number of hydrogen-bond acceptors (Lipinski definition) is 4. The van der Waals surface area contributed by atoms with Crippen LogP contribution in [0.1, 0.15) is 76.3 Å². The SMILES string of the molecule is CC1(O)CCC(N(Cc2ccccc2)C(=O)O)CC1.CC1(O)CCC(N(Cc2ccccc2)C(=O)O)CC1. The van der Waals surface area contributed by atoms with Crippen molar-refractivity contribution in [1.82, 2.24) is 9.80 Å². The van der Waals surface area contributed by atoms with E-state index >= 15 is 0 Å². The molecule has 2 aromatic carbocycles. The van der Waals surface area contributed by atoms with Gasteiger partial charge >= 0.3 is 12.2 Å². The summed E-state index contributed by atoms with van der Waals surface area (Å²) in [7, 11) is 0. The Balaban J connectivity index is 0.000000211. The molecule has 0 aliphatic heterocycles. The van der Waals surface area contributed by atoms with Gasteiger partial charge in [0.1, 0.15) is 0 Å². The van der Waals surface area contributed by atoms with Crippen LogP contribution in [0.2, 0.25) is 0 Å². The van der Waals surface area contributed by atoms with Crippen molar-refractivity contribution in [1.29, 1.82) is 0 Å². The van der Waals surface area contributed by atoms with Gasteiger partial charge in [0.25, 0.3) is 0 Å². The molecule has 2 fully saturated rings. The Bertz CT molecular complexity index is 924. The van der Waals surface area contributed by atoms with E-state index in [1.54, 1.807) is 0 Å². The molecule has 2 aliphatic rings. The van der Waals surface area contributed by atoms with Crippen molar-refractivity contribution in [2.75, 3.05) is 0 Å². The second-order valence-electron chi connectivity index (χ2n) is 11.2. The lowest BCUT2D eigenvalue weighted by molar-refractivity contribution is -0.00444. The van der Waals surface area contributed by atoms with E-state index in [2.05, 4.69) is 0 Å². The van der Waals surface area contributed by atoms with Gasteiger partial charge in [0.15, 0.2) is 0 Å². The van der Waals surface area contributed by atoms with Crippen LogP contribution >= 0.6 is 0 Å². The fourth-order valence-electron chi connectivity index (χ4n) is 5.34. The molecule has 2 aromatic rings. The molecular formula is C30H42N2O6. The summed E-state index contributed by atoms with van der Waals surface area (Å²) in [5.74, 6) is 0. The quantitative estimate of drug-likeness (QED) is 0.382. The van der Waals surface area contributed by atoms with Crippen LogP contribution in [0.15, 0.2) is 60.7 Å². The molecule has 4 rings (SSSR count). The lowest BCUT2D eigenvalue weighted by atomic mass is 9.83. The zero-order valence-corrected chi connectivity index (χ0v) is 22.5. The summed E-state index contributed by atoms with van der Waals surface area (Å²) >= 11 is 0. The number of nitrogens with zero attached hydrogens (tertiary/aromatic N) is 2. The van der Waals surface area contributed by atoms with Crippen molar-refractivity contribution in [3.05, 3.63) is 71.8 Å². The molecule has 38 heavy (non-hydrogen) atoms. The number of benzene rings is 2. The first-order chi connectivity index (χ1) is 18.0. The Morgan fingerprint density at radius 1 is 0.658 bits per heavy atom. The minimum absolute atomic E-state index is 0.0120. The van der Waals surface area contributed by atoms with Crippen LogP contribution < -0.4 is 0 Å². The second kappa shape index (κ2) is 13.1. The smallest absolute Gasteiger partial charge is 0.407 e. The molecule has 0 atom stereocenters. The van der Waals surface area contributed by atoms with Crippen LogP contribution in [0.4, 0.5) is 9.59 Å². The van der Waals surface area contributed by atoms with Crippen LogP contribution in [0, 0.1) is 0 Å². The number of carbonyl (C=O) groups is 2. The topological polar surface area (TPSA) is 122 Å². The number of hydrogen-bond donors (Lipinski definition) is 4. The normalized spacial score (nSPS) is 26.9. The first-order valence-electron chi connectivity index (χ1n) is 13.5. The summed E-state index contributed by atoms with van der Waals surface area (Å²) < 4.78 is 0. The third-order valence-corrected chi connectivity index (χ3v) is 7.83. The molecule has 8 heteroatoms. The average molecular weight is 527 g/mol. The predicted molar refractivity (Wildman–Crippen MR) is 146 cm³/mol. The molecule has 0 unspecified atom stereocenters. The van der Waals surface area contributed by atoms with E-state index in [0.29, 0.717) is 38.8 Å². The van der Waals surface area contributed by atoms with Gasteiger partial charge in [-0.25, -0.2) is 9.59 Å². The fraction of sp³-hybridized carbons (Fsp3) is 0.533. The van der Waals surface area contributed by atoms with Gasteiger partial charge in [-0.05, 0) is 76.3 Å². The largest absolute Gasteiger partial charge is 0.465 e. The van der Waals surface area contributed by atoms with E-state index in [1.165, 1.54) is 9.80 Å². The van der Waals surface area contributed by atoms with Gasteiger partial charge < -0.3 is 30.2 Å². The van der Waals surface area contributed by atoms with Gasteiger partial charge in [-0.1, -0.05) is 60.7 Å². The van der Waals surface area contributed by atoms with Gasteiger partial charge in [0.2, 0.25) is 0 Å². The predicted octanol–water partition coefficient (Wildman–Crippen LogP) is 5.72. The summed E-state index contributed by atoms with van der Waals surface area (Å²) in [5.41, 5.74) is 0.741. The minimum atomic E-state index is -0.879. The number of rotatable bonds is 6. The minimum Gasteiger partial charge on any atom is -0.465 e. The van der Waals surface area contributed by atoms with Crippen LogP contribution in [0.3, 0.4) is 0 Å². The molecule has 0 radical (unpaired) electrons. The van der Waals surface area contributed by atoms with Crippen molar-refractivity contribution in [2.45, 2.75) is 102 Å². The number of amides is 2. The Hall–Kier alpha value is -3.10. The van der Waals surface area contributed by atoms with Gasteiger partial charge in [-0.15, -0.1) is 0 Å². The van der Waals surface area contributed by atoms with Crippen LogP contribution in [0.5, 0.6) is 0 Å². The first kappa shape index (κ1) is 29.5. The summed E-state index contributed by atoms with van der Waals surface area (Å²) in [6, 6.07) is 19.3. The summed E-state index contributed by atoms with van der Waals surface area (Å²) in [6.45, 7) is 4.49. The summed E-state index contributed by atoms with van der Waals surface area (Å²) in [4.78, 5) is 25.9. The summed E-state index contributed by atoms with van der Waals surface area (Å²) in [5, 5.41) is 38.6. The number of aliphatic hydroxyl groups is 2. The standard InChI is InChI=1S/2C15H21NO3/c2*1-15(19)9-7-13(8-10-15)16(14(17)18)11-12-5-3-2-4-6-12/h2*2-6,13,19H,7-11H2,1H3,(H,17,18). The van der Waals surface area contributed by atoms with Crippen LogP contribution in [0.25, 0.3) is 0 Å². The Morgan fingerprint density at radius 3 is 1.21 bits per heavy atom. The highest BCUT2D eigenvalue weighted by Crippen LogP contribution is 2.32. The third-order valence-electron chi connectivity index (χ3n) is 7.83. The molecule has 0 heterocycles. The van der Waals surface area contributed by atoms with Gasteiger partial charge in [-0.3, -0.25) is 0 Å². The highest BCUT2D eigenvalue weighted by atomic mass is 16.4. The lowest BCUT2D eigenvalue weighted by Crippen LogP contribution is -2.44. The zero-order chi connectivity index (χ0) is 27.8. The molecule has 4 N–H and O–H groups in total. The van der Waals surface area contributed by atoms with E-state index in [1.807, 2.05) is 74.5 Å². The third kappa shape index (κ3) is 9.03. The lowest BCUT2D eigenvalue weighted by Gasteiger charge is -2.38. The van der Waals surface area contributed by atoms with E-state index < -0.39 is 23.4 Å². The Kier molecular flexibility index (Phi) is 10.2. The highest BCUT2D eigenvalue weighted by molar-refractivity contribution is 5.66. The molecule has 8 nitrogen and oxygen atoms in total. The van der Waals surface area contributed by atoms with E-state index in [9.17, 15) is 30.0 Å². The average Bonchev–Trinajstić information content (AvgIpc) is 2.88. The maximum Gasteiger partial charge on any atom is 0.407 e. The Labute approximate surface area is 225 Å². The van der Waals surface area contributed by atoms with Crippen LogP contribution in [-0.2, 0) is 13.1 Å². The van der Waals surface area contributed by atoms with Crippen molar-refractivity contribution in [3.63, 3.8) is 0 Å². The molecular weight excluding hydrogens is 484 g/mol. The van der Waals surface area contributed by atoms with E-state index in [4.69, 9.17) is 0 Å². The molecule has 0 bridgehead atoms. The highest BCUT2D eigenvalue weighted by Gasteiger charge is 2.34. The number of carboxylic acid groups (broad SMARTS) is 2. The van der Waals surface area contributed by atoms with E-state index in [0.717, 1.165) is 36.8 Å². The molecule has 0 saturated heterocycles. The van der Waals surface area contributed by atoms with Crippen molar-refractivity contribution >= 4 is 12.2 Å². The fourth-order valence-corrected chi connectivity index (χ4v) is 5.34. The van der Waals surface area contributed by atoms with Gasteiger partial charge in [0, 0.05) is 25.2 Å². The second-order valence-corrected chi connectivity index (χ2v) is 11.2. The van der Waals surface area contributed by atoms with Crippen molar-refractivity contribution in [2.24, 2.45) is 0 Å². The maximum absolute atomic E-state index is 11.4. The van der Waals surface area contributed by atoms with Crippen molar-refractivity contribution in [3.8, 4) is 0 Å². The van der Waals surface area contributed by atoms with Gasteiger partial charge in [-0.2, -0.15) is 0 Å². The molecule has 2 aliphatic carbocycles. The first-order valence-corrected chi connectivity index (χ1v) is 13.5. The summed E-state index contributed by atoms with van der Waals surface area (Å²) in [6.07, 6.45) is 3.81. The maximum atomic E-state index is 11.4. The molecule has 208 valence electrons. The van der Waals surface area contributed by atoms with E-state index in [-0.39, 0.29) is 12.1 Å². The molecule has 2 saturated carbocycles. The molecule has 2 amide bonds. The zero-order valence-electron chi connectivity index (χ0n) is 22.5. The monoisotopic (exact) mass is 526 g/mol. The Morgan fingerprint density at radius 2 is 0.947 bits per heavy atom.